The molecule has 1 aromatic heterocycles. The van der Waals surface area contributed by atoms with Gasteiger partial charge in [0.15, 0.2) is 6.61 Å². The predicted molar refractivity (Wildman–Crippen MR) is 87.4 cm³/mol. The van der Waals surface area contributed by atoms with Crippen molar-refractivity contribution in [3.63, 3.8) is 0 Å². The van der Waals surface area contributed by atoms with Gasteiger partial charge >= 0.3 is 0 Å². The van der Waals surface area contributed by atoms with Gasteiger partial charge < -0.3 is 10.1 Å². The number of halogens is 1. The number of para-hydroxylation sites is 1. The third kappa shape index (κ3) is 4.24. The van der Waals surface area contributed by atoms with Crippen LogP contribution in [0.3, 0.4) is 0 Å². The van der Waals surface area contributed by atoms with Crippen molar-refractivity contribution in [3.8, 4) is 5.75 Å². The number of nitrogens with one attached hydrogen (secondary N) is 1. The second kappa shape index (κ2) is 7.84. The third-order valence-electron chi connectivity index (χ3n) is 3.20. The smallest absolute Gasteiger partial charge is 0.263 e. The number of ether oxygens (including phenoxy) is 1. The van der Waals surface area contributed by atoms with Crippen molar-refractivity contribution >= 4 is 23.3 Å². The van der Waals surface area contributed by atoms with Crippen LogP contribution in [0, 0.1) is 6.92 Å². The largest absolute Gasteiger partial charge is 0.482 e. The van der Waals surface area contributed by atoms with E-state index in [-0.39, 0.29) is 12.5 Å². The summed E-state index contributed by atoms with van der Waals surface area (Å²) in [6.45, 7) is 4.72. The Morgan fingerprint density at radius 2 is 2.18 bits per heavy atom. The second-order valence-electron chi connectivity index (χ2n) is 5.02. The zero-order valence-electron chi connectivity index (χ0n) is 12.8. The van der Waals surface area contributed by atoms with Crippen LogP contribution in [-0.4, -0.2) is 22.3 Å². The van der Waals surface area contributed by atoms with E-state index in [0.29, 0.717) is 10.8 Å². The maximum absolute atomic E-state index is 12.1. The molecule has 1 amide bonds. The first-order chi connectivity index (χ1) is 10.6. The van der Waals surface area contributed by atoms with Crippen LogP contribution < -0.4 is 10.1 Å². The Kier molecular flexibility index (Phi) is 5.83. The summed E-state index contributed by atoms with van der Waals surface area (Å²) in [4.78, 5) is 12.1. The van der Waals surface area contributed by atoms with Crippen LogP contribution in [-0.2, 0) is 11.3 Å². The maximum atomic E-state index is 12.1. The molecule has 0 aliphatic rings. The number of anilines is 1. The molecule has 0 radical (unpaired) electrons. The molecule has 0 saturated carbocycles. The fourth-order valence-electron chi connectivity index (χ4n) is 1.99. The number of carbonyl (C=O) groups excluding carboxylic acids is 1. The highest BCUT2D eigenvalue weighted by Gasteiger charge is 2.12. The van der Waals surface area contributed by atoms with Crippen molar-refractivity contribution in [2.24, 2.45) is 0 Å². The molecule has 6 heteroatoms. The average Bonchev–Trinajstić information content (AvgIpc) is 2.85. The summed E-state index contributed by atoms with van der Waals surface area (Å²) in [5, 5.41) is 7.62. The number of carbonyl (C=O) groups is 1. The minimum absolute atomic E-state index is 0.0951. The molecular weight excluding hydrogens is 302 g/mol. The first-order valence-corrected chi connectivity index (χ1v) is 7.69. The summed E-state index contributed by atoms with van der Waals surface area (Å²) in [7, 11) is 0. The SMILES string of the molecule is CCCCn1ncc(C)c1NC(=O)COc1ccccc1Cl. The molecule has 0 atom stereocenters. The molecule has 0 bridgehead atoms. The van der Waals surface area contributed by atoms with Gasteiger partial charge in [-0.15, -0.1) is 0 Å². The normalized spacial score (nSPS) is 10.5. The van der Waals surface area contributed by atoms with Crippen LogP contribution in [0.1, 0.15) is 25.3 Å². The van der Waals surface area contributed by atoms with E-state index in [1.807, 2.05) is 23.7 Å². The predicted octanol–water partition coefficient (Wildman–Crippen LogP) is 3.66. The maximum Gasteiger partial charge on any atom is 0.263 e. The summed E-state index contributed by atoms with van der Waals surface area (Å²) >= 11 is 5.99. The topological polar surface area (TPSA) is 56.2 Å². The molecule has 0 aliphatic heterocycles. The molecule has 118 valence electrons. The lowest BCUT2D eigenvalue weighted by Gasteiger charge is -2.11. The fourth-order valence-corrected chi connectivity index (χ4v) is 2.18. The number of aromatic nitrogens is 2. The van der Waals surface area contributed by atoms with E-state index in [1.165, 1.54) is 0 Å². The Morgan fingerprint density at radius 3 is 2.91 bits per heavy atom. The summed E-state index contributed by atoms with van der Waals surface area (Å²) in [6, 6.07) is 7.07. The molecule has 0 saturated heterocycles. The van der Waals surface area contributed by atoms with Crippen molar-refractivity contribution in [1.29, 1.82) is 0 Å². The van der Waals surface area contributed by atoms with Crippen molar-refractivity contribution < 1.29 is 9.53 Å². The first-order valence-electron chi connectivity index (χ1n) is 7.31. The van der Waals surface area contributed by atoms with Crippen molar-refractivity contribution in [1.82, 2.24) is 9.78 Å². The highest BCUT2D eigenvalue weighted by atomic mass is 35.5. The summed E-state index contributed by atoms with van der Waals surface area (Å²) in [5.74, 6) is 0.984. The first kappa shape index (κ1) is 16.4. The molecule has 0 fully saturated rings. The van der Waals surface area contributed by atoms with Crippen LogP contribution in [0.4, 0.5) is 5.82 Å². The number of aryl methyl sites for hydroxylation is 2. The number of unbranched alkanes of at least 4 members (excludes halogenated alkanes) is 1. The summed E-state index contributed by atoms with van der Waals surface area (Å²) in [6.07, 6.45) is 3.84. The molecular formula is C16H20ClN3O2. The van der Waals surface area contributed by atoms with Crippen LogP contribution in [0.5, 0.6) is 5.75 Å². The van der Waals surface area contributed by atoms with Gasteiger partial charge in [-0.05, 0) is 25.5 Å². The molecule has 22 heavy (non-hydrogen) atoms. The quantitative estimate of drug-likeness (QED) is 0.846. The Balaban J connectivity index is 1.95. The number of amides is 1. The van der Waals surface area contributed by atoms with E-state index in [4.69, 9.17) is 16.3 Å². The zero-order chi connectivity index (χ0) is 15.9. The van der Waals surface area contributed by atoms with Gasteiger partial charge in [0.1, 0.15) is 11.6 Å². The number of benzene rings is 1. The molecule has 2 aromatic rings. The second-order valence-corrected chi connectivity index (χ2v) is 5.43. The minimum Gasteiger partial charge on any atom is -0.482 e. The summed E-state index contributed by atoms with van der Waals surface area (Å²) < 4.78 is 7.25. The van der Waals surface area contributed by atoms with E-state index in [2.05, 4.69) is 17.3 Å². The van der Waals surface area contributed by atoms with E-state index >= 15 is 0 Å². The van der Waals surface area contributed by atoms with Gasteiger partial charge in [-0.1, -0.05) is 37.1 Å². The highest BCUT2D eigenvalue weighted by molar-refractivity contribution is 6.32. The standard InChI is InChI=1S/C16H20ClN3O2/c1-3-4-9-20-16(12(2)10-18-20)19-15(21)11-22-14-8-6-5-7-13(14)17/h5-8,10H,3-4,9,11H2,1-2H3,(H,19,21). The lowest BCUT2D eigenvalue weighted by atomic mass is 10.3. The van der Waals surface area contributed by atoms with Gasteiger partial charge in [0, 0.05) is 12.1 Å². The van der Waals surface area contributed by atoms with E-state index in [0.717, 1.165) is 30.8 Å². The average molecular weight is 322 g/mol. The monoisotopic (exact) mass is 321 g/mol. The molecule has 0 unspecified atom stereocenters. The molecule has 5 nitrogen and oxygen atoms in total. The van der Waals surface area contributed by atoms with Gasteiger partial charge in [0.25, 0.3) is 5.91 Å². The Bertz CT molecular complexity index is 640. The highest BCUT2D eigenvalue weighted by Crippen LogP contribution is 2.23. The van der Waals surface area contributed by atoms with Gasteiger partial charge in [0.05, 0.1) is 11.2 Å². The van der Waals surface area contributed by atoms with Crippen molar-refractivity contribution in [2.75, 3.05) is 11.9 Å². The lowest BCUT2D eigenvalue weighted by molar-refractivity contribution is -0.118. The van der Waals surface area contributed by atoms with Crippen molar-refractivity contribution in [2.45, 2.75) is 33.2 Å². The lowest BCUT2D eigenvalue weighted by Crippen LogP contribution is -2.22. The molecule has 1 aromatic carbocycles. The number of rotatable bonds is 7. The third-order valence-corrected chi connectivity index (χ3v) is 3.51. The van der Waals surface area contributed by atoms with Gasteiger partial charge in [-0.3, -0.25) is 4.79 Å². The van der Waals surface area contributed by atoms with E-state index < -0.39 is 0 Å². The molecule has 2 rings (SSSR count). The van der Waals surface area contributed by atoms with Gasteiger partial charge in [0.2, 0.25) is 0 Å². The number of nitrogens with zero attached hydrogens (tertiary/aromatic N) is 2. The van der Waals surface area contributed by atoms with Crippen LogP contribution in [0.25, 0.3) is 0 Å². The molecule has 1 N–H and O–H groups in total. The number of hydrogen-bond donors (Lipinski definition) is 1. The van der Waals surface area contributed by atoms with Crippen LogP contribution in [0.15, 0.2) is 30.5 Å². The van der Waals surface area contributed by atoms with E-state index in [9.17, 15) is 4.79 Å². The molecule has 0 spiro atoms. The Morgan fingerprint density at radius 1 is 1.41 bits per heavy atom. The van der Waals surface area contributed by atoms with Gasteiger partial charge in [-0.2, -0.15) is 5.10 Å². The van der Waals surface area contributed by atoms with Crippen molar-refractivity contribution in [3.05, 3.63) is 41.0 Å². The summed E-state index contributed by atoms with van der Waals surface area (Å²) in [5.41, 5.74) is 0.933. The Labute approximate surface area is 135 Å². The number of hydrogen-bond acceptors (Lipinski definition) is 3. The minimum atomic E-state index is -0.235. The Hall–Kier alpha value is -2.01. The van der Waals surface area contributed by atoms with E-state index in [1.54, 1.807) is 18.3 Å². The molecule has 1 heterocycles. The zero-order valence-corrected chi connectivity index (χ0v) is 13.6. The van der Waals surface area contributed by atoms with Gasteiger partial charge in [-0.25, -0.2) is 4.68 Å². The fraction of sp³-hybridized carbons (Fsp3) is 0.375. The van der Waals surface area contributed by atoms with Crippen LogP contribution in [0.2, 0.25) is 5.02 Å². The van der Waals surface area contributed by atoms with Crippen LogP contribution >= 0.6 is 11.6 Å². The molecule has 0 aliphatic carbocycles.